The van der Waals surface area contributed by atoms with Gasteiger partial charge in [-0.25, -0.2) is 4.79 Å². The Hall–Kier alpha value is -3.63. The number of esters is 1. The smallest absolute Gasteiger partial charge is 0.338 e. The fourth-order valence-corrected chi connectivity index (χ4v) is 3.59. The number of nitriles is 1. The molecule has 0 bridgehead atoms. The van der Waals surface area contributed by atoms with Crippen LogP contribution in [0.3, 0.4) is 0 Å². The second-order valence-electron chi connectivity index (χ2n) is 7.06. The van der Waals surface area contributed by atoms with Crippen molar-refractivity contribution in [3.8, 4) is 11.8 Å². The third-order valence-corrected chi connectivity index (χ3v) is 5.40. The zero-order valence-corrected chi connectivity index (χ0v) is 19.6. The van der Waals surface area contributed by atoms with E-state index >= 15 is 0 Å². The molecule has 0 aliphatic heterocycles. The largest absolute Gasteiger partial charge is 0.462 e. The number of ether oxygens (including phenoxy) is 1. The summed E-state index contributed by atoms with van der Waals surface area (Å²) in [4.78, 5) is 24.5. The molecule has 1 heterocycles. The number of nitrogens with zero attached hydrogens (tertiary/aromatic N) is 2. The molecule has 0 aliphatic carbocycles. The summed E-state index contributed by atoms with van der Waals surface area (Å²) in [6.07, 6.45) is 1.58. The molecule has 3 aromatic rings. The van der Waals surface area contributed by atoms with E-state index in [1.807, 2.05) is 54.8 Å². The van der Waals surface area contributed by atoms with Gasteiger partial charge < -0.3 is 14.6 Å². The molecular weight excluding hydrogens is 470 g/mol. The van der Waals surface area contributed by atoms with Crippen molar-refractivity contribution >= 4 is 39.6 Å². The Kier molecular flexibility index (Phi) is 7.29. The zero-order valence-electron chi connectivity index (χ0n) is 18.0. The molecule has 0 saturated heterocycles. The summed E-state index contributed by atoms with van der Waals surface area (Å²) in [6, 6.07) is 18.1. The van der Waals surface area contributed by atoms with Gasteiger partial charge in [0, 0.05) is 27.2 Å². The highest BCUT2D eigenvalue weighted by molar-refractivity contribution is 9.10. The molecule has 0 unspecified atom stereocenters. The third-order valence-electron chi connectivity index (χ3n) is 4.87. The van der Waals surface area contributed by atoms with E-state index in [4.69, 9.17) is 4.74 Å². The van der Waals surface area contributed by atoms with Gasteiger partial charge in [-0.1, -0.05) is 15.9 Å². The van der Waals surface area contributed by atoms with Crippen LogP contribution in [-0.4, -0.2) is 23.1 Å². The van der Waals surface area contributed by atoms with Crippen LogP contribution >= 0.6 is 15.9 Å². The van der Waals surface area contributed by atoms with E-state index in [1.165, 1.54) is 0 Å². The number of benzene rings is 2. The molecule has 0 atom stereocenters. The number of aryl methyl sites for hydroxylation is 1. The van der Waals surface area contributed by atoms with E-state index < -0.39 is 5.91 Å². The number of carbonyl (C=O) groups is 2. The fourth-order valence-electron chi connectivity index (χ4n) is 3.33. The maximum Gasteiger partial charge on any atom is 0.338 e. The lowest BCUT2D eigenvalue weighted by molar-refractivity contribution is -0.112. The van der Waals surface area contributed by atoms with Gasteiger partial charge in [-0.15, -0.1) is 0 Å². The van der Waals surface area contributed by atoms with Gasteiger partial charge in [0.05, 0.1) is 12.2 Å². The van der Waals surface area contributed by atoms with Crippen molar-refractivity contribution in [1.82, 2.24) is 4.57 Å². The van der Waals surface area contributed by atoms with Crippen LogP contribution in [0.1, 0.15) is 34.2 Å². The second-order valence-corrected chi connectivity index (χ2v) is 7.98. The van der Waals surface area contributed by atoms with E-state index in [-0.39, 0.29) is 11.5 Å². The molecule has 0 fully saturated rings. The molecule has 162 valence electrons. The van der Waals surface area contributed by atoms with Gasteiger partial charge in [-0.05, 0) is 87.0 Å². The minimum atomic E-state index is -0.474. The Morgan fingerprint density at radius 1 is 1.12 bits per heavy atom. The van der Waals surface area contributed by atoms with E-state index in [0.717, 1.165) is 27.1 Å². The summed E-state index contributed by atoms with van der Waals surface area (Å²) in [7, 11) is 0. The quantitative estimate of drug-likeness (QED) is 0.277. The average Bonchev–Trinajstić information content (AvgIpc) is 3.06. The maximum absolute atomic E-state index is 12.6. The SMILES string of the molecule is CCOC(=O)c1ccc(-n2c(C)cc(/C=C(/C#N)C(=O)Nc3ccc(Br)cc3)c2C)cc1. The normalized spacial score (nSPS) is 11.0. The van der Waals surface area contributed by atoms with Crippen LogP contribution in [-0.2, 0) is 9.53 Å². The summed E-state index contributed by atoms with van der Waals surface area (Å²) in [5, 5.41) is 12.3. The predicted octanol–water partition coefficient (Wildman–Crippen LogP) is 5.58. The van der Waals surface area contributed by atoms with Crippen LogP contribution in [0.5, 0.6) is 0 Å². The van der Waals surface area contributed by atoms with Crippen molar-refractivity contribution in [2.75, 3.05) is 11.9 Å². The van der Waals surface area contributed by atoms with E-state index in [0.29, 0.717) is 17.9 Å². The number of rotatable bonds is 6. The lowest BCUT2D eigenvalue weighted by Gasteiger charge is -2.10. The Morgan fingerprint density at radius 2 is 1.78 bits per heavy atom. The summed E-state index contributed by atoms with van der Waals surface area (Å²) in [5.74, 6) is -0.836. The van der Waals surface area contributed by atoms with Gasteiger partial charge >= 0.3 is 5.97 Å². The molecule has 0 radical (unpaired) electrons. The van der Waals surface area contributed by atoms with Crippen LogP contribution in [0.15, 0.2) is 64.6 Å². The van der Waals surface area contributed by atoms with Gasteiger partial charge in [-0.3, -0.25) is 4.79 Å². The van der Waals surface area contributed by atoms with Crippen LogP contribution in [0.4, 0.5) is 5.69 Å². The van der Waals surface area contributed by atoms with Gasteiger partial charge in [0.2, 0.25) is 0 Å². The van der Waals surface area contributed by atoms with Crippen molar-refractivity contribution in [2.24, 2.45) is 0 Å². The molecule has 1 amide bonds. The Balaban J connectivity index is 1.87. The molecule has 7 heteroatoms. The Labute approximate surface area is 195 Å². The number of hydrogen-bond donors (Lipinski definition) is 1. The number of nitrogens with one attached hydrogen (secondary N) is 1. The van der Waals surface area contributed by atoms with Crippen LogP contribution in [0, 0.1) is 25.2 Å². The van der Waals surface area contributed by atoms with Gasteiger partial charge in [0.15, 0.2) is 0 Å². The number of hydrogen-bond acceptors (Lipinski definition) is 4. The van der Waals surface area contributed by atoms with Gasteiger partial charge in [0.25, 0.3) is 5.91 Å². The van der Waals surface area contributed by atoms with E-state index in [2.05, 4.69) is 21.2 Å². The number of amides is 1. The summed E-state index contributed by atoms with van der Waals surface area (Å²) in [5.41, 5.74) is 4.52. The van der Waals surface area contributed by atoms with Crippen LogP contribution in [0.2, 0.25) is 0 Å². The molecule has 1 aromatic heterocycles. The predicted molar refractivity (Wildman–Crippen MR) is 128 cm³/mol. The first-order valence-corrected chi connectivity index (χ1v) is 10.8. The minimum Gasteiger partial charge on any atom is -0.462 e. The Morgan fingerprint density at radius 3 is 2.38 bits per heavy atom. The van der Waals surface area contributed by atoms with Crippen molar-refractivity contribution < 1.29 is 14.3 Å². The Bertz CT molecular complexity index is 1220. The lowest BCUT2D eigenvalue weighted by Crippen LogP contribution is -2.13. The highest BCUT2D eigenvalue weighted by Crippen LogP contribution is 2.24. The highest BCUT2D eigenvalue weighted by atomic mass is 79.9. The summed E-state index contributed by atoms with van der Waals surface area (Å²) >= 11 is 3.35. The number of aromatic nitrogens is 1. The van der Waals surface area contributed by atoms with Crippen LogP contribution in [0.25, 0.3) is 11.8 Å². The molecule has 6 nitrogen and oxygen atoms in total. The van der Waals surface area contributed by atoms with Crippen molar-refractivity contribution in [3.05, 3.63) is 87.2 Å². The average molecular weight is 492 g/mol. The number of anilines is 1. The molecule has 1 N–H and O–H groups in total. The van der Waals surface area contributed by atoms with Crippen molar-refractivity contribution in [1.29, 1.82) is 5.26 Å². The molecular formula is C25H22BrN3O3. The first kappa shape index (κ1) is 23.0. The monoisotopic (exact) mass is 491 g/mol. The molecule has 0 saturated carbocycles. The first-order chi connectivity index (χ1) is 15.3. The molecule has 32 heavy (non-hydrogen) atoms. The van der Waals surface area contributed by atoms with Gasteiger partial charge in [0.1, 0.15) is 11.6 Å². The summed E-state index contributed by atoms with van der Waals surface area (Å²) < 4.78 is 7.93. The second kappa shape index (κ2) is 10.1. The highest BCUT2D eigenvalue weighted by Gasteiger charge is 2.15. The molecule has 0 spiro atoms. The molecule has 0 aliphatic rings. The van der Waals surface area contributed by atoms with Crippen LogP contribution < -0.4 is 5.32 Å². The fraction of sp³-hybridized carbons (Fsp3) is 0.160. The van der Waals surface area contributed by atoms with E-state index in [9.17, 15) is 14.9 Å². The van der Waals surface area contributed by atoms with E-state index in [1.54, 1.807) is 37.3 Å². The number of carbonyl (C=O) groups excluding carboxylic acids is 2. The number of halogens is 1. The van der Waals surface area contributed by atoms with Crippen molar-refractivity contribution in [2.45, 2.75) is 20.8 Å². The first-order valence-electron chi connectivity index (χ1n) is 9.99. The van der Waals surface area contributed by atoms with Gasteiger partial charge in [-0.2, -0.15) is 5.26 Å². The topological polar surface area (TPSA) is 84.1 Å². The molecule has 3 rings (SSSR count). The lowest BCUT2D eigenvalue weighted by atomic mass is 10.1. The maximum atomic E-state index is 12.6. The minimum absolute atomic E-state index is 0.00540. The summed E-state index contributed by atoms with van der Waals surface area (Å²) in [6.45, 7) is 5.95. The zero-order chi connectivity index (χ0) is 23.3. The molecule has 2 aromatic carbocycles. The van der Waals surface area contributed by atoms with Crippen molar-refractivity contribution in [3.63, 3.8) is 0 Å². The third kappa shape index (κ3) is 5.16. The standard InChI is InChI=1S/C25H22BrN3O3/c1-4-32-25(31)18-5-11-23(12-6-18)29-16(2)13-19(17(29)3)14-20(15-27)24(30)28-22-9-7-21(26)8-10-22/h5-14H,4H2,1-3H3,(H,28,30)/b20-14-.